The molecule has 2 N–H and O–H groups in total. The first-order chi connectivity index (χ1) is 9.99. The number of H-pyrrole nitrogens is 1. The molecule has 1 aromatic carbocycles. The third-order valence-corrected chi connectivity index (χ3v) is 2.80. The van der Waals surface area contributed by atoms with Gasteiger partial charge in [-0.2, -0.15) is 0 Å². The van der Waals surface area contributed by atoms with E-state index in [0.29, 0.717) is 5.39 Å². The Balaban J connectivity index is 2.03. The molecule has 0 aliphatic rings. The highest BCUT2D eigenvalue weighted by atomic mass is 16.5. The summed E-state index contributed by atoms with van der Waals surface area (Å²) in [5, 5.41) is 2.93. The summed E-state index contributed by atoms with van der Waals surface area (Å²) in [5.74, 6) is -2.10. The molecular weight excluding hydrogens is 272 g/mol. The van der Waals surface area contributed by atoms with Gasteiger partial charge in [0.15, 0.2) is 0 Å². The quantitative estimate of drug-likeness (QED) is 0.495. The summed E-state index contributed by atoms with van der Waals surface area (Å²) in [6, 6.07) is 7.17. The Kier molecular flexibility index (Phi) is 4.37. The molecule has 0 aliphatic heterocycles. The van der Waals surface area contributed by atoms with Gasteiger partial charge < -0.3 is 15.0 Å². The van der Waals surface area contributed by atoms with Crippen LogP contribution >= 0.6 is 0 Å². The molecule has 0 unspecified atom stereocenters. The van der Waals surface area contributed by atoms with Crippen molar-refractivity contribution in [3.63, 3.8) is 0 Å². The second-order valence-electron chi connectivity index (χ2n) is 4.80. The average molecular weight is 288 g/mol. The lowest BCUT2D eigenvalue weighted by molar-refractivity contribution is -0.147. The lowest BCUT2D eigenvalue weighted by Crippen LogP contribution is -2.36. The molecule has 0 spiro atoms. The number of fused-ring (bicyclic) bond motifs is 1. The lowest BCUT2D eigenvalue weighted by atomic mass is 10.1. The molecule has 1 amide bonds. The van der Waals surface area contributed by atoms with E-state index in [4.69, 9.17) is 4.74 Å². The number of para-hydroxylation sites is 1. The van der Waals surface area contributed by atoms with Crippen molar-refractivity contribution in [2.45, 2.75) is 20.0 Å². The van der Waals surface area contributed by atoms with Crippen molar-refractivity contribution in [1.29, 1.82) is 0 Å². The van der Waals surface area contributed by atoms with Crippen molar-refractivity contribution >= 4 is 28.6 Å². The zero-order valence-electron chi connectivity index (χ0n) is 11.8. The second-order valence-corrected chi connectivity index (χ2v) is 4.80. The van der Waals surface area contributed by atoms with Crippen LogP contribution in [0.15, 0.2) is 30.5 Å². The smallest absolute Gasteiger partial charge is 0.325 e. The van der Waals surface area contributed by atoms with Crippen LogP contribution in [0, 0.1) is 0 Å². The number of carbonyl (C=O) groups excluding carboxylic acids is 3. The number of aromatic nitrogens is 1. The van der Waals surface area contributed by atoms with Crippen LogP contribution in [0.5, 0.6) is 0 Å². The molecule has 1 heterocycles. The van der Waals surface area contributed by atoms with E-state index < -0.39 is 17.7 Å². The largest absolute Gasteiger partial charge is 0.462 e. The van der Waals surface area contributed by atoms with Crippen LogP contribution in [-0.2, 0) is 14.3 Å². The molecule has 6 heteroatoms. The summed E-state index contributed by atoms with van der Waals surface area (Å²) in [5.41, 5.74) is 1.05. The summed E-state index contributed by atoms with van der Waals surface area (Å²) in [7, 11) is 0. The normalized spacial score (nSPS) is 10.6. The van der Waals surface area contributed by atoms with E-state index in [-0.39, 0.29) is 18.2 Å². The predicted octanol–water partition coefficient (Wildman–Crippen LogP) is 1.42. The van der Waals surface area contributed by atoms with Crippen LogP contribution in [0.3, 0.4) is 0 Å². The van der Waals surface area contributed by atoms with E-state index >= 15 is 0 Å². The molecule has 21 heavy (non-hydrogen) atoms. The number of ether oxygens (including phenoxy) is 1. The van der Waals surface area contributed by atoms with Gasteiger partial charge in [-0.05, 0) is 19.9 Å². The van der Waals surface area contributed by atoms with Crippen molar-refractivity contribution in [2.24, 2.45) is 0 Å². The van der Waals surface area contributed by atoms with Crippen molar-refractivity contribution in [3.05, 3.63) is 36.0 Å². The Morgan fingerprint density at radius 3 is 2.67 bits per heavy atom. The maximum Gasteiger partial charge on any atom is 0.325 e. The number of Topliss-reactive ketones (excluding diaryl/α,β-unsaturated/α-hetero) is 1. The van der Waals surface area contributed by atoms with Crippen molar-refractivity contribution in [3.8, 4) is 0 Å². The molecule has 0 saturated heterocycles. The molecule has 1 aromatic heterocycles. The summed E-state index contributed by atoms with van der Waals surface area (Å²) >= 11 is 0. The third kappa shape index (κ3) is 3.47. The Morgan fingerprint density at radius 1 is 1.24 bits per heavy atom. The topological polar surface area (TPSA) is 88.3 Å². The number of aromatic amines is 1. The van der Waals surface area contributed by atoms with Gasteiger partial charge in [0.25, 0.3) is 11.7 Å². The molecule has 0 bridgehead atoms. The van der Waals surface area contributed by atoms with Gasteiger partial charge in [-0.1, -0.05) is 18.2 Å². The van der Waals surface area contributed by atoms with Gasteiger partial charge in [-0.25, -0.2) is 0 Å². The van der Waals surface area contributed by atoms with E-state index in [1.807, 2.05) is 12.1 Å². The number of ketones is 1. The first kappa shape index (κ1) is 14.8. The van der Waals surface area contributed by atoms with Gasteiger partial charge in [-0.15, -0.1) is 0 Å². The minimum Gasteiger partial charge on any atom is -0.462 e. The minimum absolute atomic E-state index is 0.265. The van der Waals surface area contributed by atoms with Gasteiger partial charge in [-0.3, -0.25) is 14.4 Å². The first-order valence-electron chi connectivity index (χ1n) is 6.57. The number of rotatable bonds is 5. The second kappa shape index (κ2) is 6.21. The first-order valence-corrected chi connectivity index (χ1v) is 6.57. The van der Waals surface area contributed by atoms with Gasteiger partial charge in [0.2, 0.25) is 0 Å². The van der Waals surface area contributed by atoms with Crippen LogP contribution < -0.4 is 5.32 Å². The number of carbonyl (C=O) groups is 3. The van der Waals surface area contributed by atoms with Gasteiger partial charge >= 0.3 is 5.97 Å². The number of benzene rings is 1. The minimum atomic E-state index is -0.833. The molecule has 2 rings (SSSR count). The molecule has 2 aromatic rings. The highest BCUT2D eigenvalue weighted by Crippen LogP contribution is 2.17. The van der Waals surface area contributed by atoms with Crippen molar-refractivity contribution in [1.82, 2.24) is 10.3 Å². The van der Waals surface area contributed by atoms with E-state index in [1.54, 1.807) is 26.0 Å². The fraction of sp³-hybridized carbons (Fsp3) is 0.267. The Labute approximate surface area is 121 Å². The fourth-order valence-electron chi connectivity index (χ4n) is 1.92. The molecule has 0 fully saturated rings. The van der Waals surface area contributed by atoms with Crippen LogP contribution in [0.25, 0.3) is 10.9 Å². The van der Waals surface area contributed by atoms with E-state index in [1.165, 1.54) is 6.20 Å². The van der Waals surface area contributed by atoms with Gasteiger partial charge in [0.1, 0.15) is 6.54 Å². The summed E-state index contributed by atoms with van der Waals surface area (Å²) in [6.45, 7) is 3.08. The molecule has 0 saturated carbocycles. The number of amides is 1. The maximum absolute atomic E-state index is 12.1. The van der Waals surface area contributed by atoms with E-state index in [0.717, 1.165) is 5.52 Å². The van der Waals surface area contributed by atoms with Crippen molar-refractivity contribution < 1.29 is 19.1 Å². The monoisotopic (exact) mass is 288 g/mol. The zero-order chi connectivity index (χ0) is 15.4. The van der Waals surface area contributed by atoms with Crippen LogP contribution in [-0.4, -0.2) is 35.3 Å². The number of esters is 1. The summed E-state index contributed by atoms with van der Waals surface area (Å²) in [6.07, 6.45) is 1.22. The highest BCUT2D eigenvalue weighted by Gasteiger charge is 2.20. The molecule has 110 valence electrons. The Hall–Kier alpha value is -2.63. The average Bonchev–Trinajstić information content (AvgIpc) is 2.87. The van der Waals surface area contributed by atoms with Crippen molar-refractivity contribution in [2.75, 3.05) is 6.54 Å². The Morgan fingerprint density at radius 2 is 1.95 bits per heavy atom. The number of nitrogens with one attached hydrogen (secondary N) is 2. The molecule has 0 radical (unpaired) electrons. The van der Waals surface area contributed by atoms with E-state index in [2.05, 4.69) is 10.3 Å². The lowest BCUT2D eigenvalue weighted by Gasteiger charge is -2.08. The van der Waals surface area contributed by atoms with Crippen LogP contribution in [0.2, 0.25) is 0 Å². The SMILES string of the molecule is CC(C)OC(=O)CNC(=O)C(=O)c1c[nH]c2ccccc12. The molecule has 6 nitrogen and oxygen atoms in total. The summed E-state index contributed by atoms with van der Waals surface area (Å²) < 4.78 is 4.87. The molecular formula is C15H16N2O4. The van der Waals surface area contributed by atoms with Gasteiger partial charge in [0.05, 0.1) is 11.7 Å². The van der Waals surface area contributed by atoms with Crippen LogP contribution in [0.4, 0.5) is 0 Å². The fourth-order valence-corrected chi connectivity index (χ4v) is 1.92. The Bertz CT molecular complexity index is 688. The number of hydrogen-bond donors (Lipinski definition) is 2. The van der Waals surface area contributed by atoms with Crippen LogP contribution in [0.1, 0.15) is 24.2 Å². The summed E-state index contributed by atoms with van der Waals surface area (Å²) in [4.78, 5) is 38.1. The van der Waals surface area contributed by atoms with E-state index in [9.17, 15) is 14.4 Å². The number of hydrogen-bond acceptors (Lipinski definition) is 4. The third-order valence-electron chi connectivity index (χ3n) is 2.80. The van der Waals surface area contributed by atoms with Gasteiger partial charge in [0, 0.05) is 17.1 Å². The predicted molar refractivity (Wildman–Crippen MR) is 76.9 cm³/mol. The molecule has 0 atom stereocenters. The molecule has 0 aliphatic carbocycles. The zero-order valence-corrected chi connectivity index (χ0v) is 11.8. The standard InChI is InChI=1S/C15H16N2O4/c1-9(2)21-13(18)8-17-15(20)14(19)11-7-16-12-6-4-3-5-10(11)12/h3-7,9,16H,8H2,1-2H3,(H,17,20). The maximum atomic E-state index is 12.1. The highest BCUT2D eigenvalue weighted by molar-refractivity contribution is 6.45.